The molecule has 1 atom stereocenters. The molecule has 0 amide bonds. The van der Waals surface area contributed by atoms with E-state index >= 15 is 0 Å². The Morgan fingerprint density at radius 3 is 2.46 bits per heavy atom. The normalized spacial score (nSPS) is 18.1. The van der Waals surface area contributed by atoms with Crippen LogP contribution in [0.25, 0.3) is 22.7 Å². The third-order valence-corrected chi connectivity index (χ3v) is 8.57. The molecule has 8 nitrogen and oxygen atoms in total. The van der Waals surface area contributed by atoms with Gasteiger partial charge in [-0.25, -0.2) is 19.7 Å². The highest BCUT2D eigenvalue weighted by Crippen LogP contribution is 2.37. The molecule has 2 saturated carbocycles. The van der Waals surface area contributed by atoms with Crippen LogP contribution in [-0.2, 0) is 12.0 Å². The summed E-state index contributed by atoms with van der Waals surface area (Å²) >= 11 is 0. The summed E-state index contributed by atoms with van der Waals surface area (Å²) in [7, 11) is 2.03. The molecule has 1 N–H and O–H groups in total. The van der Waals surface area contributed by atoms with Crippen LogP contribution in [0.15, 0.2) is 18.3 Å². The fourth-order valence-corrected chi connectivity index (χ4v) is 5.81. The smallest absolute Gasteiger partial charge is 0.374 e. The maximum Gasteiger partial charge on any atom is 0.374 e. The van der Waals surface area contributed by atoms with Gasteiger partial charge in [0, 0.05) is 25.8 Å². The second-order valence-corrected chi connectivity index (χ2v) is 12.1. The molecule has 0 radical (unpaired) electrons. The number of rotatable bonds is 7. The predicted molar refractivity (Wildman–Crippen MR) is 146 cm³/mol. The molecule has 5 rings (SSSR count). The van der Waals surface area contributed by atoms with E-state index in [2.05, 4.69) is 59.3 Å². The van der Waals surface area contributed by atoms with Gasteiger partial charge in [0.1, 0.15) is 11.2 Å². The first-order chi connectivity index (χ1) is 17.6. The summed E-state index contributed by atoms with van der Waals surface area (Å²) in [6, 6.07) is 4.42. The summed E-state index contributed by atoms with van der Waals surface area (Å²) in [5, 5.41) is 9.85. The van der Waals surface area contributed by atoms with E-state index in [1.54, 1.807) is 0 Å². The fraction of sp³-hybridized carbons (Fsp3) is 0.621. The Bertz CT molecular complexity index is 1280. The average Bonchev–Trinajstić information content (AvgIpc) is 3.20. The standard InChI is InChI=1S/C29H40N6O2/c1-18(20-12-9-13-20)34(5)27-23-24(31-25(33-27)28(36)37)32-26(35(23)17-19-10-7-6-8-11-19)22-16-21(14-15-30-22)29(2,3)4/h14-16,18-20H,6-13,17H2,1-5H3,(H,36,37)/t18-/m1/s1. The van der Waals surface area contributed by atoms with Crippen LogP contribution in [0.4, 0.5) is 5.82 Å². The number of pyridine rings is 1. The molecule has 3 heterocycles. The van der Waals surface area contributed by atoms with Gasteiger partial charge in [-0.15, -0.1) is 0 Å². The van der Waals surface area contributed by atoms with Crippen LogP contribution in [-0.4, -0.2) is 48.7 Å². The number of aromatic nitrogens is 5. The van der Waals surface area contributed by atoms with Gasteiger partial charge in [0.25, 0.3) is 0 Å². The quantitative estimate of drug-likeness (QED) is 0.416. The summed E-state index contributed by atoms with van der Waals surface area (Å²) in [4.78, 5) is 32.9. The molecule has 2 fully saturated rings. The third kappa shape index (κ3) is 5.07. The van der Waals surface area contributed by atoms with Crippen LogP contribution < -0.4 is 4.90 Å². The maximum atomic E-state index is 12.0. The predicted octanol–water partition coefficient (Wildman–Crippen LogP) is 6.09. The Morgan fingerprint density at radius 1 is 1.11 bits per heavy atom. The number of hydrogen-bond donors (Lipinski definition) is 1. The van der Waals surface area contributed by atoms with Crippen molar-refractivity contribution in [2.75, 3.05) is 11.9 Å². The topological polar surface area (TPSA) is 97.0 Å². The van der Waals surface area contributed by atoms with Crippen molar-refractivity contribution in [3.8, 4) is 11.5 Å². The van der Waals surface area contributed by atoms with Gasteiger partial charge in [0.2, 0.25) is 5.82 Å². The molecule has 0 aromatic carbocycles. The Morgan fingerprint density at radius 2 is 1.84 bits per heavy atom. The number of fused-ring (bicyclic) bond motifs is 1. The van der Waals surface area contributed by atoms with Crippen molar-refractivity contribution >= 4 is 23.0 Å². The molecule has 2 aliphatic carbocycles. The zero-order valence-electron chi connectivity index (χ0n) is 22.9. The monoisotopic (exact) mass is 504 g/mol. The number of hydrogen-bond acceptors (Lipinski definition) is 6. The SMILES string of the molecule is C[C@H](C1CCC1)N(C)c1nc(C(=O)O)nc2nc(-c3cc(C(C)(C)C)ccn3)n(CC3CCCCC3)c12. The summed E-state index contributed by atoms with van der Waals surface area (Å²) in [5.41, 5.74) is 3.20. The Kier molecular flexibility index (Phi) is 6.94. The van der Waals surface area contributed by atoms with Crippen LogP contribution >= 0.6 is 0 Å². The number of carboxylic acids is 1. The molecule has 37 heavy (non-hydrogen) atoms. The van der Waals surface area contributed by atoms with E-state index in [0.29, 0.717) is 23.3 Å². The summed E-state index contributed by atoms with van der Waals surface area (Å²) < 4.78 is 2.24. The van der Waals surface area contributed by atoms with E-state index in [1.807, 2.05) is 13.2 Å². The average molecular weight is 505 g/mol. The highest BCUT2D eigenvalue weighted by atomic mass is 16.4. The highest BCUT2D eigenvalue weighted by Gasteiger charge is 2.32. The van der Waals surface area contributed by atoms with Gasteiger partial charge in [-0.2, -0.15) is 0 Å². The van der Waals surface area contributed by atoms with Crippen molar-refractivity contribution in [1.29, 1.82) is 0 Å². The number of nitrogens with zero attached hydrogens (tertiary/aromatic N) is 6. The van der Waals surface area contributed by atoms with Crippen molar-refractivity contribution in [2.24, 2.45) is 11.8 Å². The second kappa shape index (κ2) is 10.0. The van der Waals surface area contributed by atoms with Gasteiger partial charge < -0.3 is 14.6 Å². The van der Waals surface area contributed by atoms with Crippen LogP contribution in [0.3, 0.4) is 0 Å². The molecule has 0 unspecified atom stereocenters. The Hall–Kier alpha value is -3.03. The minimum Gasteiger partial charge on any atom is -0.475 e. The molecule has 198 valence electrons. The zero-order valence-corrected chi connectivity index (χ0v) is 22.9. The first-order valence-corrected chi connectivity index (χ1v) is 13.8. The number of aromatic carboxylic acids is 1. The molecule has 8 heteroatoms. The lowest BCUT2D eigenvalue weighted by molar-refractivity contribution is 0.0684. The maximum absolute atomic E-state index is 12.0. The molecule has 2 aliphatic rings. The van der Waals surface area contributed by atoms with E-state index in [4.69, 9.17) is 9.97 Å². The van der Waals surface area contributed by atoms with E-state index in [1.165, 1.54) is 56.9 Å². The van der Waals surface area contributed by atoms with Gasteiger partial charge in [-0.05, 0) is 67.6 Å². The lowest BCUT2D eigenvalue weighted by Gasteiger charge is -2.38. The van der Waals surface area contributed by atoms with Crippen molar-refractivity contribution < 1.29 is 9.90 Å². The number of carboxylic acid groups (broad SMARTS) is 1. The molecule has 0 spiro atoms. The lowest BCUT2D eigenvalue weighted by Crippen LogP contribution is -2.39. The highest BCUT2D eigenvalue weighted by molar-refractivity contribution is 5.92. The molecule has 0 saturated heterocycles. The van der Waals surface area contributed by atoms with E-state index < -0.39 is 5.97 Å². The van der Waals surface area contributed by atoms with Gasteiger partial charge in [0.15, 0.2) is 17.3 Å². The minimum absolute atomic E-state index is 0.0300. The van der Waals surface area contributed by atoms with Crippen LogP contribution in [0.1, 0.15) is 95.2 Å². The van der Waals surface area contributed by atoms with Gasteiger partial charge >= 0.3 is 5.97 Å². The number of anilines is 1. The second-order valence-electron chi connectivity index (χ2n) is 12.1. The molecule has 3 aromatic rings. The molecule has 0 bridgehead atoms. The molecular weight excluding hydrogens is 464 g/mol. The largest absolute Gasteiger partial charge is 0.475 e. The van der Waals surface area contributed by atoms with Gasteiger partial charge in [0.05, 0.1) is 0 Å². The molecule has 0 aliphatic heterocycles. The van der Waals surface area contributed by atoms with Crippen molar-refractivity contribution in [3.05, 3.63) is 29.7 Å². The Labute approximate surface area is 219 Å². The van der Waals surface area contributed by atoms with Gasteiger partial charge in [-0.1, -0.05) is 46.5 Å². The zero-order chi connectivity index (χ0) is 26.3. The fourth-order valence-electron chi connectivity index (χ4n) is 5.81. The molecule has 3 aromatic heterocycles. The lowest BCUT2D eigenvalue weighted by atomic mass is 9.80. The minimum atomic E-state index is -1.14. The van der Waals surface area contributed by atoms with E-state index in [9.17, 15) is 9.90 Å². The Balaban J connectivity index is 1.71. The van der Waals surface area contributed by atoms with Crippen molar-refractivity contribution in [1.82, 2.24) is 24.5 Å². The van der Waals surface area contributed by atoms with Crippen molar-refractivity contribution in [3.63, 3.8) is 0 Å². The summed E-state index contributed by atoms with van der Waals surface area (Å²) in [6.45, 7) is 9.60. The number of imidazole rings is 1. The van der Waals surface area contributed by atoms with E-state index in [-0.39, 0.29) is 17.3 Å². The van der Waals surface area contributed by atoms with Crippen LogP contribution in [0.2, 0.25) is 0 Å². The van der Waals surface area contributed by atoms with Crippen LogP contribution in [0.5, 0.6) is 0 Å². The van der Waals surface area contributed by atoms with Gasteiger partial charge in [-0.3, -0.25) is 4.98 Å². The molecular formula is C29H40N6O2. The van der Waals surface area contributed by atoms with Crippen molar-refractivity contribution in [2.45, 2.75) is 97.1 Å². The summed E-state index contributed by atoms with van der Waals surface area (Å²) in [5.74, 6) is 1.18. The first-order valence-electron chi connectivity index (χ1n) is 13.8. The number of carbonyl (C=O) groups is 1. The first kappa shape index (κ1) is 25.6. The third-order valence-electron chi connectivity index (χ3n) is 8.57. The van der Waals surface area contributed by atoms with Crippen LogP contribution in [0, 0.1) is 11.8 Å². The summed E-state index contributed by atoms with van der Waals surface area (Å²) in [6.07, 6.45) is 11.6. The van der Waals surface area contributed by atoms with E-state index in [0.717, 1.165) is 23.6 Å².